The number of hydrogen-bond acceptors (Lipinski definition) is 5. The van der Waals surface area contributed by atoms with Gasteiger partial charge in [-0.3, -0.25) is 9.80 Å². The molecule has 1 atom stereocenters. The van der Waals surface area contributed by atoms with Crippen LogP contribution < -0.4 is 5.32 Å². The first-order valence-corrected chi connectivity index (χ1v) is 17.4. The van der Waals surface area contributed by atoms with Crippen molar-refractivity contribution in [3.8, 4) is 6.07 Å². The molecule has 1 saturated carbocycles. The lowest BCUT2D eigenvalue weighted by Gasteiger charge is -2.38. The minimum Gasteiger partial charge on any atom is -0.388 e. The molecule has 1 N–H and O–H groups in total. The standard InChI is InChI=1S/C30H47N3.C9H7F3N2/c1-4-30(3,29-14-7-5-8-15-29)23-27-12-11-13-28(22-27)25-32-20-18-31(19-21-32)24-26(2)33-16-9-6-10-17-33;1-14-7-3-2-6(5-13)8(4-7)9(10,11)12/h4,11-13,22,29H,1-2,5-10,14-21,23-25H2,3H3;2-4,14H,1H3. The Bertz CT molecular complexity index is 1350. The molecule has 0 aromatic heterocycles. The molecule has 3 fully saturated rings. The summed E-state index contributed by atoms with van der Waals surface area (Å²) in [5.74, 6) is 0.792. The molecule has 3 aliphatic rings. The number of likely N-dealkylation sites (tertiary alicyclic amines) is 1. The fraction of sp³-hybridized carbons (Fsp3) is 0.564. The van der Waals surface area contributed by atoms with Crippen LogP contribution in [0.1, 0.15) is 80.5 Å². The number of rotatable bonds is 10. The highest BCUT2D eigenvalue weighted by Crippen LogP contribution is 2.42. The average molecular weight is 650 g/mol. The zero-order valence-corrected chi connectivity index (χ0v) is 28.6. The van der Waals surface area contributed by atoms with Crippen LogP contribution in [0.4, 0.5) is 18.9 Å². The lowest BCUT2D eigenvalue weighted by Crippen LogP contribution is -2.47. The zero-order chi connectivity index (χ0) is 33.9. The molecule has 2 saturated heterocycles. The molecule has 0 amide bonds. The predicted octanol–water partition coefficient (Wildman–Crippen LogP) is 8.74. The molecule has 2 heterocycles. The first-order valence-electron chi connectivity index (χ1n) is 17.4. The van der Waals surface area contributed by atoms with Gasteiger partial charge >= 0.3 is 6.18 Å². The number of piperazine rings is 1. The van der Waals surface area contributed by atoms with E-state index in [1.54, 1.807) is 0 Å². The summed E-state index contributed by atoms with van der Waals surface area (Å²) in [5.41, 5.74) is 3.56. The van der Waals surface area contributed by atoms with Crippen LogP contribution in [0.3, 0.4) is 0 Å². The summed E-state index contributed by atoms with van der Waals surface area (Å²) in [7, 11) is 1.52. The average Bonchev–Trinajstić information content (AvgIpc) is 3.09. The lowest BCUT2D eigenvalue weighted by atomic mass is 9.67. The number of benzene rings is 2. The van der Waals surface area contributed by atoms with Crippen LogP contribution in [0.25, 0.3) is 0 Å². The van der Waals surface area contributed by atoms with E-state index in [9.17, 15) is 13.2 Å². The number of hydrogen-bond donors (Lipinski definition) is 1. The third-order valence-corrected chi connectivity index (χ3v) is 10.4. The van der Waals surface area contributed by atoms with Crippen molar-refractivity contribution in [1.82, 2.24) is 14.7 Å². The van der Waals surface area contributed by atoms with Gasteiger partial charge < -0.3 is 10.2 Å². The molecule has 1 aliphatic carbocycles. The van der Waals surface area contributed by atoms with E-state index in [1.807, 2.05) is 0 Å². The molecule has 0 spiro atoms. The molecule has 5 nitrogen and oxygen atoms in total. The molecule has 2 aliphatic heterocycles. The molecule has 47 heavy (non-hydrogen) atoms. The molecule has 0 bridgehead atoms. The molecule has 256 valence electrons. The summed E-state index contributed by atoms with van der Waals surface area (Å²) < 4.78 is 37.1. The van der Waals surface area contributed by atoms with Gasteiger partial charge in [0.25, 0.3) is 0 Å². The number of anilines is 1. The number of nitrogens with one attached hydrogen (secondary N) is 1. The van der Waals surface area contributed by atoms with Crippen LogP contribution in [0.5, 0.6) is 0 Å². The second-order valence-corrected chi connectivity index (χ2v) is 13.8. The van der Waals surface area contributed by atoms with Crippen LogP contribution in [-0.4, -0.2) is 67.6 Å². The fourth-order valence-corrected chi connectivity index (χ4v) is 7.39. The van der Waals surface area contributed by atoms with Gasteiger partial charge in [0.15, 0.2) is 0 Å². The minimum atomic E-state index is -4.49. The Labute approximate surface area is 281 Å². The van der Waals surface area contributed by atoms with Crippen molar-refractivity contribution in [1.29, 1.82) is 5.26 Å². The number of nitriles is 1. The van der Waals surface area contributed by atoms with Crippen LogP contribution in [-0.2, 0) is 19.1 Å². The topological polar surface area (TPSA) is 45.5 Å². The van der Waals surface area contributed by atoms with Crippen molar-refractivity contribution in [2.45, 2.75) is 77.4 Å². The molecule has 8 heteroatoms. The highest BCUT2D eigenvalue weighted by Gasteiger charge is 2.34. The number of piperidine rings is 1. The molecular weight excluding hydrogens is 595 g/mol. The highest BCUT2D eigenvalue weighted by molar-refractivity contribution is 5.52. The quantitative estimate of drug-likeness (QED) is 0.261. The van der Waals surface area contributed by atoms with Gasteiger partial charge in [0.05, 0.1) is 17.2 Å². The lowest BCUT2D eigenvalue weighted by molar-refractivity contribution is -0.137. The van der Waals surface area contributed by atoms with Crippen molar-refractivity contribution in [2.75, 3.05) is 58.2 Å². The summed E-state index contributed by atoms with van der Waals surface area (Å²) in [6, 6.07) is 14.4. The van der Waals surface area contributed by atoms with E-state index in [1.165, 1.54) is 100 Å². The van der Waals surface area contributed by atoms with Gasteiger partial charge in [-0.2, -0.15) is 18.4 Å². The Morgan fingerprint density at radius 1 is 0.915 bits per heavy atom. The number of nitrogens with zero attached hydrogens (tertiary/aromatic N) is 4. The summed E-state index contributed by atoms with van der Waals surface area (Å²) in [6.45, 7) is 20.3. The van der Waals surface area contributed by atoms with Crippen molar-refractivity contribution in [2.24, 2.45) is 11.3 Å². The number of halogens is 3. The summed E-state index contributed by atoms with van der Waals surface area (Å²) >= 11 is 0. The number of alkyl halides is 3. The Hall–Kier alpha value is -3.28. The fourth-order valence-electron chi connectivity index (χ4n) is 7.39. The van der Waals surface area contributed by atoms with E-state index in [-0.39, 0.29) is 11.0 Å². The maximum atomic E-state index is 12.4. The highest BCUT2D eigenvalue weighted by atomic mass is 19.4. The van der Waals surface area contributed by atoms with E-state index < -0.39 is 11.7 Å². The second-order valence-electron chi connectivity index (χ2n) is 13.8. The molecule has 2 aromatic rings. The summed E-state index contributed by atoms with van der Waals surface area (Å²) in [4.78, 5) is 7.75. The van der Waals surface area contributed by atoms with E-state index in [0.717, 1.165) is 63.7 Å². The summed E-state index contributed by atoms with van der Waals surface area (Å²) in [5, 5.41) is 11.1. The zero-order valence-electron chi connectivity index (χ0n) is 28.6. The van der Waals surface area contributed by atoms with Gasteiger partial charge in [0.1, 0.15) is 0 Å². The molecule has 2 aromatic carbocycles. The third-order valence-electron chi connectivity index (χ3n) is 10.4. The number of allylic oxidation sites excluding steroid dienone is 1. The van der Waals surface area contributed by atoms with Crippen LogP contribution in [0.15, 0.2) is 67.4 Å². The van der Waals surface area contributed by atoms with E-state index >= 15 is 0 Å². The van der Waals surface area contributed by atoms with Crippen molar-refractivity contribution in [3.05, 3.63) is 89.6 Å². The first kappa shape index (κ1) is 36.6. The van der Waals surface area contributed by atoms with Crippen LogP contribution in [0, 0.1) is 22.7 Å². The molecular formula is C39H54F3N5. The third kappa shape index (κ3) is 10.6. The Kier molecular flexibility index (Phi) is 13.4. The van der Waals surface area contributed by atoms with Gasteiger partial charge in [0, 0.05) is 70.8 Å². The Morgan fingerprint density at radius 3 is 2.17 bits per heavy atom. The Morgan fingerprint density at radius 2 is 1.55 bits per heavy atom. The second kappa shape index (κ2) is 17.2. The van der Waals surface area contributed by atoms with Crippen molar-refractivity contribution >= 4 is 5.69 Å². The van der Waals surface area contributed by atoms with Gasteiger partial charge in [-0.05, 0) is 79.2 Å². The maximum absolute atomic E-state index is 12.4. The van der Waals surface area contributed by atoms with Gasteiger partial charge in [0.2, 0.25) is 0 Å². The molecule has 5 rings (SSSR count). The normalized spacial score (nSPS) is 19.5. The van der Waals surface area contributed by atoms with E-state index in [4.69, 9.17) is 5.26 Å². The van der Waals surface area contributed by atoms with Crippen LogP contribution in [0.2, 0.25) is 0 Å². The van der Waals surface area contributed by atoms with Crippen molar-refractivity contribution < 1.29 is 13.2 Å². The minimum absolute atomic E-state index is 0.224. The van der Waals surface area contributed by atoms with Gasteiger partial charge in [-0.1, -0.05) is 63.1 Å². The maximum Gasteiger partial charge on any atom is 0.417 e. The predicted molar refractivity (Wildman–Crippen MR) is 187 cm³/mol. The van der Waals surface area contributed by atoms with E-state index in [2.05, 4.69) is 70.4 Å². The van der Waals surface area contributed by atoms with Crippen molar-refractivity contribution in [3.63, 3.8) is 0 Å². The first-order chi connectivity index (χ1) is 22.5. The smallest absolute Gasteiger partial charge is 0.388 e. The molecule has 0 radical (unpaired) electrons. The monoisotopic (exact) mass is 649 g/mol. The molecule has 1 unspecified atom stereocenters. The largest absolute Gasteiger partial charge is 0.417 e. The van der Waals surface area contributed by atoms with E-state index in [0.29, 0.717) is 5.69 Å². The van der Waals surface area contributed by atoms with Gasteiger partial charge in [-0.25, -0.2) is 0 Å². The van der Waals surface area contributed by atoms with Gasteiger partial charge in [-0.15, -0.1) is 6.58 Å². The SMILES string of the molecule is C=CC(C)(Cc1cccc(CN2CCN(CC(=C)N3CCCCC3)CC2)c1)C1CCCCC1.CNc1ccc(C#N)c(C(F)(F)F)c1. The van der Waals surface area contributed by atoms with Crippen LogP contribution >= 0.6 is 0 Å². The Balaban J connectivity index is 0.000000300. The summed E-state index contributed by atoms with van der Waals surface area (Å²) in [6.07, 6.45) is 9.89.